The van der Waals surface area contributed by atoms with E-state index >= 15 is 0 Å². The van der Waals surface area contributed by atoms with Crippen LogP contribution < -0.4 is 14.8 Å². The molecule has 0 atom stereocenters. The summed E-state index contributed by atoms with van der Waals surface area (Å²) in [5.74, 6) is 1.45. The second-order valence-corrected chi connectivity index (χ2v) is 5.61. The Balaban J connectivity index is 1.95. The van der Waals surface area contributed by atoms with Crippen molar-refractivity contribution in [2.24, 2.45) is 7.05 Å². The number of aryl methyl sites for hydroxylation is 2. The van der Waals surface area contributed by atoms with Crippen LogP contribution in [0.25, 0.3) is 11.3 Å². The molecule has 134 valence electrons. The van der Waals surface area contributed by atoms with Crippen molar-refractivity contribution in [2.75, 3.05) is 19.5 Å². The molecule has 26 heavy (non-hydrogen) atoms. The van der Waals surface area contributed by atoms with Crippen LogP contribution in [0.3, 0.4) is 0 Å². The number of methoxy groups -OCH3 is 2. The van der Waals surface area contributed by atoms with E-state index in [2.05, 4.69) is 20.4 Å². The summed E-state index contributed by atoms with van der Waals surface area (Å²) < 4.78 is 12.3. The van der Waals surface area contributed by atoms with Crippen LogP contribution in [0.2, 0.25) is 0 Å². The predicted molar refractivity (Wildman–Crippen MR) is 96.5 cm³/mol. The van der Waals surface area contributed by atoms with Gasteiger partial charge in [0.2, 0.25) is 0 Å². The zero-order valence-electron chi connectivity index (χ0n) is 15.0. The van der Waals surface area contributed by atoms with Gasteiger partial charge in [-0.15, -0.1) is 0 Å². The molecule has 8 heteroatoms. The van der Waals surface area contributed by atoms with Crippen LogP contribution in [-0.4, -0.2) is 39.9 Å². The quantitative estimate of drug-likeness (QED) is 0.758. The fourth-order valence-corrected chi connectivity index (χ4v) is 2.55. The molecule has 0 spiro atoms. The van der Waals surface area contributed by atoms with E-state index in [1.807, 2.05) is 25.1 Å². The van der Waals surface area contributed by atoms with Crippen molar-refractivity contribution in [3.05, 3.63) is 48.0 Å². The first kappa shape index (κ1) is 17.4. The van der Waals surface area contributed by atoms with Gasteiger partial charge in [-0.05, 0) is 31.2 Å². The summed E-state index contributed by atoms with van der Waals surface area (Å²) >= 11 is 0. The van der Waals surface area contributed by atoms with E-state index in [1.54, 1.807) is 38.2 Å². The third-order valence-electron chi connectivity index (χ3n) is 3.92. The molecule has 0 fully saturated rings. The lowest BCUT2D eigenvalue weighted by Crippen LogP contribution is -2.15. The second-order valence-electron chi connectivity index (χ2n) is 5.61. The van der Waals surface area contributed by atoms with Gasteiger partial charge in [-0.25, -0.2) is 9.97 Å². The molecular formula is C18H19N5O3. The van der Waals surface area contributed by atoms with Gasteiger partial charge in [-0.2, -0.15) is 5.10 Å². The summed E-state index contributed by atoms with van der Waals surface area (Å²) in [7, 11) is 4.95. The molecule has 1 amide bonds. The molecule has 0 aliphatic carbocycles. The smallest absolute Gasteiger partial charge is 0.277 e. The number of amides is 1. The Kier molecular flexibility index (Phi) is 4.83. The number of nitrogens with one attached hydrogen (secondary N) is 1. The van der Waals surface area contributed by atoms with E-state index in [0.29, 0.717) is 17.3 Å². The predicted octanol–water partition coefficient (Wildman–Crippen LogP) is 2.46. The van der Waals surface area contributed by atoms with E-state index in [1.165, 1.54) is 6.33 Å². The number of carbonyl (C=O) groups is 1. The maximum absolute atomic E-state index is 12.5. The van der Waals surface area contributed by atoms with E-state index in [0.717, 1.165) is 16.8 Å². The molecule has 2 aromatic heterocycles. The van der Waals surface area contributed by atoms with Crippen LogP contribution in [0, 0.1) is 6.92 Å². The minimum absolute atomic E-state index is 0.269. The first-order chi connectivity index (χ1) is 12.5. The molecule has 0 saturated heterocycles. The number of ether oxygens (including phenoxy) is 2. The van der Waals surface area contributed by atoms with Gasteiger partial charge in [-0.3, -0.25) is 9.48 Å². The molecule has 1 aromatic carbocycles. The average Bonchev–Trinajstić information content (AvgIpc) is 3.04. The average molecular weight is 353 g/mol. The zero-order valence-corrected chi connectivity index (χ0v) is 15.0. The fraction of sp³-hybridized carbons (Fsp3) is 0.222. The molecule has 0 aliphatic heterocycles. The van der Waals surface area contributed by atoms with Crippen LogP contribution in [-0.2, 0) is 7.05 Å². The van der Waals surface area contributed by atoms with Crippen molar-refractivity contribution in [3.63, 3.8) is 0 Å². The lowest BCUT2D eigenvalue weighted by atomic mass is 10.1. The van der Waals surface area contributed by atoms with Crippen molar-refractivity contribution >= 4 is 11.7 Å². The van der Waals surface area contributed by atoms with Crippen LogP contribution in [0.4, 0.5) is 5.82 Å². The summed E-state index contributed by atoms with van der Waals surface area (Å²) in [5, 5.41) is 7.06. The van der Waals surface area contributed by atoms with E-state index in [9.17, 15) is 4.79 Å². The van der Waals surface area contributed by atoms with Crippen molar-refractivity contribution < 1.29 is 14.3 Å². The first-order valence-electron chi connectivity index (χ1n) is 7.88. The largest absolute Gasteiger partial charge is 0.497 e. The van der Waals surface area contributed by atoms with Gasteiger partial charge in [0.15, 0.2) is 5.69 Å². The Bertz CT molecular complexity index is 952. The lowest BCUT2D eigenvalue weighted by Gasteiger charge is -2.10. The van der Waals surface area contributed by atoms with E-state index in [-0.39, 0.29) is 11.6 Å². The highest BCUT2D eigenvalue weighted by molar-refractivity contribution is 6.03. The summed E-state index contributed by atoms with van der Waals surface area (Å²) in [4.78, 5) is 20.5. The topological polar surface area (TPSA) is 91.2 Å². The zero-order chi connectivity index (χ0) is 18.7. The number of hydrogen-bond donors (Lipinski definition) is 1. The van der Waals surface area contributed by atoms with E-state index in [4.69, 9.17) is 9.47 Å². The molecule has 0 aliphatic rings. The Labute approximate surface area is 150 Å². The Morgan fingerprint density at radius 2 is 2.00 bits per heavy atom. The molecule has 0 saturated carbocycles. The number of anilines is 1. The number of hydrogen-bond acceptors (Lipinski definition) is 6. The summed E-state index contributed by atoms with van der Waals surface area (Å²) in [6.45, 7) is 1.82. The molecule has 3 aromatic rings. The van der Waals surface area contributed by atoms with Gasteiger partial charge < -0.3 is 14.8 Å². The Morgan fingerprint density at radius 1 is 1.19 bits per heavy atom. The number of aromatic nitrogens is 4. The van der Waals surface area contributed by atoms with Gasteiger partial charge in [0.05, 0.1) is 19.9 Å². The number of rotatable bonds is 5. The summed E-state index contributed by atoms with van der Waals surface area (Å²) in [6, 6.07) is 7.16. The number of nitrogens with zero attached hydrogens (tertiary/aromatic N) is 4. The first-order valence-corrected chi connectivity index (χ1v) is 7.88. The maximum atomic E-state index is 12.5. The SMILES string of the molecule is COc1ccc(OC)c(-c2cc(C(=O)Nc3ncncc3C)nn2C)c1. The lowest BCUT2D eigenvalue weighted by molar-refractivity contribution is 0.102. The Morgan fingerprint density at radius 3 is 2.69 bits per heavy atom. The highest BCUT2D eigenvalue weighted by Gasteiger charge is 2.18. The summed E-state index contributed by atoms with van der Waals surface area (Å²) in [6.07, 6.45) is 3.02. The number of benzene rings is 1. The van der Waals surface area contributed by atoms with Crippen LogP contribution in [0.15, 0.2) is 36.8 Å². The van der Waals surface area contributed by atoms with Gasteiger partial charge in [0.1, 0.15) is 23.6 Å². The third kappa shape index (κ3) is 3.34. The standard InChI is InChI=1S/C18H19N5O3/c1-11-9-19-10-20-17(11)21-18(24)14-8-15(23(2)22-14)13-7-12(25-3)5-6-16(13)26-4/h5-10H,1-4H3,(H,19,20,21,24). The molecular weight excluding hydrogens is 334 g/mol. The fourth-order valence-electron chi connectivity index (χ4n) is 2.55. The minimum Gasteiger partial charge on any atom is -0.497 e. The molecule has 0 bridgehead atoms. The van der Waals surface area contributed by atoms with Crippen LogP contribution in [0.1, 0.15) is 16.1 Å². The highest BCUT2D eigenvalue weighted by Crippen LogP contribution is 2.33. The molecule has 0 radical (unpaired) electrons. The van der Waals surface area contributed by atoms with Gasteiger partial charge in [0, 0.05) is 24.4 Å². The van der Waals surface area contributed by atoms with Crippen molar-refractivity contribution in [1.29, 1.82) is 0 Å². The molecule has 1 N–H and O–H groups in total. The molecule has 0 unspecified atom stereocenters. The molecule has 2 heterocycles. The third-order valence-corrected chi connectivity index (χ3v) is 3.92. The molecule has 3 rings (SSSR count). The Hall–Kier alpha value is -3.42. The van der Waals surface area contributed by atoms with Crippen molar-refractivity contribution in [2.45, 2.75) is 6.92 Å². The second kappa shape index (κ2) is 7.22. The number of carbonyl (C=O) groups excluding carboxylic acids is 1. The highest BCUT2D eigenvalue weighted by atomic mass is 16.5. The van der Waals surface area contributed by atoms with Gasteiger partial charge in [-0.1, -0.05) is 0 Å². The summed E-state index contributed by atoms with van der Waals surface area (Å²) in [5.41, 5.74) is 2.54. The van der Waals surface area contributed by atoms with Gasteiger partial charge >= 0.3 is 0 Å². The van der Waals surface area contributed by atoms with Gasteiger partial charge in [0.25, 0.3) is 5.91 Å². The van der Waals surface area contributed by atoms with E-state index < -0.39 is 0 Å². The van der Waals surface area contributed by atoms with Crippen molar-refractivity contribution in [3.8, 4) is 22.8 Å². The monoisotopic (exact) mass is 353 g/mol. The normalized spacial score (nSPS) is 10.5. The minimum atomic E-state index is -0.351. The van der Waals surface area contributed by atoms with Crippen molar-refractivity contribution in [1.82, 2.24) is 19.7 Å². The maximum Gasteiger partial charge on any atom is 0.277 e. The van der Waals surface area contributed by atoms with Crippen LogP contribution >= 0.6 is 0 Å². The van der Waals surface area contributed by atoms with Crippen LogP contribution in [0.5, 0.6) is 11.5 Å². The molecule has 8 nitrogen and oxygen atoms in total.